The Kier molecular flexibility index (Phi) is 3.17. The average Bonchev–Trinajstić information content (AvgIpc) is 2.18. The Bertz CT molecular complexity index is 302. The first-order valence-corrected chi connectivity index (χ1v) is 4.07. The molecule has 0 saturated carbocycles. The summed E-state index contributed by atoms with van der Waals surface area (Å²) in [5, 5.41) is -0.944. The van der Waals surface area contributed by atoms with Crippen LogP contribution in [-0.4, -0.2) is 5.05 Å². The van der Waals surface area contributed by atoms with Gasteiger partial charge in [0.15, 0.2) is 0 Å². The van der Waals surface area contributed by atoms with Gasteiger partial charge in [-0.05, 0) is 12.2 Å². The van der Waals surface area contributed by atoms with Crippen molar-refractivity contribution >= 4 is 29.1 Å². The van der Waals surface area contributed by atoms with Crippen LogP contribution in [0.15, 0.2) is 30.3 Å². The summed E-state index contributed by atoms with van der Waals surface area (Å²) in [4.78, 5) is 0. The standard InChI is InChI=1S/C8H5ClF2OS/c9-12-7(13)8(10,11)6-4-2-1-3-5-6/h1-5H. The highest BCUT2D eigenvalue weighted by molar-refractivity contribution is 7.80. The highest BCUT2D eigenvalue weighted by Crippen LogP contribution is 2.30. The fourth-order valence-corrected chi connectivity index (χ4v) is 1.03. The van der Waals surface area contributed by atoms with E-state index in [4.69, 9.17) is 11.9 Å². The van der Waals surface area contributed by atoms with Crippen molar-refractivity contribution in [3.05, 3.63) is 35.9 Å². The SMILES string of the molecule is FC(F)(C(=S)OCl)c1ccccc1. The number of hydrogen-bond donors (Lipinski definition) is 0. The molecule has 0 heterocycles. The molecule has 0 spiro atoms. The summed E-state index contributed by atoms with van der Waals surface area (Å²) < 4.78 is 30.2. The summed E-state index contributed by atoms with van der Waals surface area (Å²) in [5.74, 6) is -3.32. The van der Waals surface area contributed by atoms with E-state index in [1.807, 2.05) is 0 Å². The Balaban J connectivity index is 3.00. The van der Waals surface area contributed by atoms with Crippen molar-refractivity contribution in [2.75, 3.05) is 0 Å². The summed E-state index contributed by atoms with van der Waals surface area (Å²) in [6.45, 7) is 0. The predicted molar refractivity (Wildman–Crippen MR) is 49.9 cm³/mol. The van der Waals surface area contributed by atoms with Crippen molar-refractivity contribution in [2.24, 2.45) is 0 Å². The molecular formula is C8H5ClF2OS. The maximum Gasteiger partial charge on any atom is 0.341 e. The van der Waals surface area contributed by atoms with Gasteiger partial charge in [0.1, 0.15) is 11.9 Å². The molecule has 0 saturated heterocycles. The molecule has 1 aromatic carbocycles. The van der Waals surface area contributed by atoms with E-state index in [-0.39, 0.29) is 5.56 Å². The van der Waals surface area contributed by atoms with Crippen molar-refractivity contribution in [2.45, 2.75) is 5.92 Å². The molecule has 0 bridgehead atoms. The first kappa shape index (κ1) is 10.3. The van der Waals surface area contributed by atoms with Crippen molar-refractivity contribution < 1.29 is 13.1 Å². The molecule has 0 aromatic heterocycles. The lowest BCUT2D eigenvalue weighted by atomic mass is 10.1. The van der Waals surface area contributed by atoms with Gasteiger partial charge in [-0.3, -0.25) is 0 Å². The Morgan fingerprint density at radius 1 is 1.31 bits per heavy atom. The van der Waals surface area contributed by atoms with E-state index in [1.54, 1.807) is 6.07 Å². The average molecular weight is 223 g/mol. The van der Waals surface area contributed by atoms with Gasteiger partial charge in [-0.2, -0.15) is 8.78 Å². The molecule has 1 aromatic rings. The highest BCUT2D eigenvalue weighted by Gasteiger charge is 2.38. The number of alkyl halides is 2. The summed E-state index contributed by atoms with van der Waals surface area (Å²) in [6.07, 6.45) is 0. The summed E-state index contributed by atoms with van der Waals surface area (Å²) in [6, 6.07) is 7.11. The van der Waals surface area contributed by atoms with Gasteiger partial charge < -0.3 is 4.29 Å². The second-order valence-electron chi connectivity index (χ2n) is 2.31. The normalized spacial score (nSPS) is 11.0. The van der Waals surface area contributed by atoms with Crippen molar-refractivity contribution in [3.8, 4) is 0 Å². The van der Waals surface area contributed by atoms with Crippen LogP contribution in [0.5, 0.6) is 0 Å². The Morgan fingerprint density at radius 3 is 2.31 bits per heavy atom. The van der Waals surface area contributed by atoms with Crippen LogP contribution in [0.1, 0.15) is 5.56 Å². The molecule has 0 aliphatic rings. The minimum absolute atomic E-state index is 0.236. The highest BCUT2D eigenvalue weighted by atomic mass is 35.5. The van der Waals surface area contributed by atoms with Crippen molar-refractivity contribution in [1.82, 2.24) is 0 Å². The number of halogens is 3. The monoisotopic (exact) mass is 222 g/mol. The van der Waals surface area contributed by atoms with Gasteiger partial charge in [-0.1, -0.05) is 30.3 Å². The van der Waals surface area contributed by atoms with Crippen LogP contribution >= 0.6 is 24.1 Å². The first-order chi connectivity index (χ1) is 6.09. The van der Waals surface area contributed by atoms with Crippen molar-refractivity contribution in [1.29, 1.82) is 0 Å². The van der Waals surface area contributed by atoms with Crippen LogP contribution in [0, 0.1) is 0 Å². The Hall–Kier alpha value is -0.740. The molecule has 0 aliphatic heterocycles. The van der Waals surface area contributed by atoms with Crippen LogP contribution < -0.4 is 0 Å². The summed E-state index contributed by atoms with van der Waals surface area (Å²) in [7, 11) is 0. The molecular weight excluding hydrogens is 218 g/mol. The molecule has 0 amide bonds. The quantitative estimate of drug-likeness (QED) is 0.711. The molecule has 0 N–H and O–H groups in total. The number of hydrogen-bond acceptors (Lipinski definition) is 2. The second kappa shape index (κ2) is 3.98. The molecule has 1 rings (SSSR count). The van der Waals surface area contributed by atoms with Gasteiger partial charge >= 0.3 is 5.92 Å². The maximum atomic E-state index is 13.2. The Morgan fingerprint density at radius 2 is 1.85 bits per heavy atom. The maximum absolute atomic E-state index is 13.2. The third-order valence-corrected chi connectivity index (χ3v) is 2.05. The second-order valence-corrected chi connectivity index (χ2v) is 2.83. The van der Waals surface area contributed by atoms with Crippen LogP contribution in [0.3, 0.4) is 0 Å². The number of thiocarbonyl (C=S) groups is 1. The van der Waals surface area contributed by atoms with Gasteiger partial charge in [0, 0.05) is 5.56 Å². The molecule has 0 fully saturated rings. The van der Waals surface area contributed by atoms with Gasteiger partial charge in [0.25, 0.3) is 5.05 Å². The zero-order chi connectivity index (χ0) is 9.90. The van der Waals surface area contributed by atoms with E-state index < -0.39 is 11.0 Å². The van der Waals surface area contributed by atoms with Crippen LogP contribution in [0.2, 0.25) is 0 Å². The topological polar surface area (TPSA) is 9.23 Å². The fourth-order valence-electron chi connectivity index (χ4n) is 0.814. The van der Waals surface area contributed by atoms with Crippen LogP contribution in [0.4, 0.5) is 8.78 Å². The molecule has 0 atom stereocenters. The molecule has 0 radical (unpaired) electrons. The molecule has 70 valence electrons. The molecule has 0 aliphatic carbocycles. The van der Waals surface area contributed by atoms with E-state index >= 15 is 0 Å². The summed E-state index contributed by atoms with van der Waals surface area (Å²) in [5.41, 5.74) is -0.236. The molecule has 13 heavy (non-hydrogen) atoms. The summed E-state index contributed by atoms with van der Waals surface area (Å²) >= 11 is 9.03. The predicted octanol–water partition coefficient (Wildman–Crippen LogP) is 3.28. The fraction of sp³-hybridized carbons (Fsp3) is 0.125. The third-order valence-electron chi connectivity index (χ3n) is 1.46. The first-order valence-electron chi connectivity index (χ1n) is 3.35. The van der Waals surface area contributed by atoms with Gasteiger partial charge in [0.2, 0.25) is 0 Å². The smallest absolute Gasteiger partial charge is 0.341 e. The largest absolute Gasteiger partial charge is 0.371 e. The molecule has 1 nitrogen and oxygen atoms in total. The van der Waals surface area contributed by atoms with Gasteiger partial charge in [-0.15, -0.1) is 0 Å². The van der Waals surface area contributed by atoms with Crippen LogP contribution in [-0.2, 0) is 10.2 Å². The number of benzene rings is 1. The molecule has 0 unspecified atom stereocenters. The number of rotatable bonds is 2. The minimum atomic E-state index is -3.32. The van der Waals surface area contributed by atoms with E-state index in [2.05, 4.69) is 16.5 Å². The lowest BCUT2D eigenvalue weighted by Gasteiger charge is -2.14. The lowest BCUT2D eigenvalue weighted by molar-refractivity contribution is 0.0630. The third kappa shape index (κ3) is 2.14. The van der Waals surface area contributed by atoms with Crippen LogP contribution in [0.25, 0.3) is 0 Å². The Labute approximate surface area is 84.4 Å². The van der Waals surface area contributed by atoms with E-state index in [0.29, 0.717) is 0 Å². The zero-order valence-corrected chi connectivity index (χ0v) is 7.91. The van der Waals surface area contributed by atoms with E-state index in [9.17, 15) is 8.78 Å². The van der Waals surface area contributed by atoms with Gasteiger partial charge in [0.05, 0.1) is 0 Å². The molecule has 5 heteroatoms. The van der Waals surface area contributed by atoms with E-state index in [0.717, 1.165) is 0 Å². The zero-order valence-electron chi connectivity index (χ0n) is 6.34. The lowest BCUT2D eigenvalue weighted by Crippen LogP contribution is -2.24. The van der Waals surface area contributed by atoms with E-state index in [1.165, 1.54) is 24.3 Å². The minimum Gasteiger partial charge on any atom is -0.371 e. The van der Waals surface area contributed by atoms with Crippen molar-refractivity contribution in [3.63, 3.8) is 0 Å². The van der Waals surface area contributed by atoms with Gasteiger partial charge in [-0.25, -0.2) is 0 Å².